The van der Waals surface area contributed by atoms with Crippen molar-refractivity contribution in [2.24, 2.45) is 0 Å². The number of nitrogens with one attached hydrogen (secondary N) is 1. The maximum atomic E-state index is 5.33. The van der Waals surface area contributed by atoms with E-state index in [1.165, 1.54) is 27.9 Å². The van der Waals surface area contributed by atoms with E-state index in [1.807, 2.05) is 24.4 Å². The molecule has 0 spiro atoms. The number of aromatic nitrogens is 2. The van der Waals surface area contributed by atoms with Crippen molar-refractivity contribution < 1.29 is 4.74 Å². The molecule has 1 aromatic heterocycles. The van der Waals surface area contributed by atoms with Crippen LogP contribution < -0.4 is 19.9 Å². The van der Waals surface area contributed by atoms with Crippen molar-refractivity contribution in [2.45, 2.75) is 33.2 Å². The zero-order chi connectivity index (χ0) is 26.0. The summed E-state index contributed by atoms with van der Waals surface area (Å²) < 4.78 is 5.33. The van der Waals surface area contributed by atoms with Gasteiger partial charge in [0, 0.05) is 37.2 Å². The summed E-state index contributed by atoms with van der Waals surface area (Å²) >= 11 is 0. The molecule has 2 heterocycles. The van der Waals surface area contributed by atoms with Gasteiger partial charge in [-0.3, -0.25) is 0 Å². The Morgan fingerprint density at radius 1 is 0.892 bits per heavy atom. The maximum Gasteiger partial charge on any atom is 0.227 e. The van der Waals surface area contributed by atoms with Gasteiger partial charge in [0.15, 0.2) is 0 Å². The fourth-order valence-corrected chi connectivity index (χ4v) is 5.10. The molecule has 6 nitrogen and oxygen atoms in total. The van der Waals surface area contributed by atoms with Gasteiger partial charge in [0.1, 0.15) is 11.6 Å². The van der Waals surface area contributed by atoms with E-state index >= 15 is 0 Å². The summed E-state index contributed by atoms with van der Waals surface area (Å²) in [6.45, 7) is 11.4. The Morgan fingerprint density at radius 2 is 1.68 bits per heavy atom. The SMILES string of the molecule is COc1ccc(N2CCN(c3nccc(Nc4cc(-c5ccccc5C)ccc4C)n3)CC2(C)C)cc1. The lowest BCUT2D eigenvalue weighted by atomic mass is 9.98. The summed E-state index contributed by atoms with van der Waals surface area (Å²) in [6, 6.07) is 25.3. The number of nitrogens with zero attached hydrogens (tertiary/aromatic N) is 4. The molecule has 5 rings (SSSR count). The van der Waals surface area contributed by atoms with Crippen LogP contribution in [0.4, 0.5) is 23.1 Å². The van der Waals surface area contributed by atoms with E-state index in [2.05, 4.69) is 102 Å². The zero-order valence-electron chi connectivity index (χ0n) is 22.3. The highest BCUT2D eigenvalue weighted by Crippen LogP contribution is 2.32. The number of aryl methyl sites for hydroxylation is 2. The van der Waals surface area contributed by atoms with Gasteiger partial charge in [-0.05, 0) is 86.3 Å². The molecule has 0 bridgehead atoms. The van der Waals surface area contributed by atoms with E-state index in [0.29, 0.717) is 0 Å². The van der Waals surface area contributed by atoms with Gasteiger partial charge in [-0.15, -0.1) is 0 Å². The second kappa shape index (κ2) is 10.1. The molecule has 4 aromatic rings. The van der Waals surface area contributed by atoms with Crippen LogP contribution in [-0.4, -0.2) is 42.3 Å². The minimum atomic E-state index is -0.0852. The number of benzene rings is 3. The molecule has 6 heteroatoms. The van der Waals surface area contributed by atoms with Crippen LogP contribution in [0.3, 0.4) is 0 Å². The number of piperazine rings is 1. The second-order valence-corrected chi connectivity index (χ2v) is 10.3. The van der Waals surface area contributed by atoms with Crippen LogP contribution >= 0.6 is 0 Å². The van der Waals surface area contributed by atoms with Crippen LogP contribution in [0.25, 0.3) is 11.1 Å². The Bertz CT molecular complexity index is 1380. The normalized spacial score (nSPS) is 14.9. The topological polar surface area (TPSA) is 53.5 Å². The van der Waals surface area contributed by atoms with Gasteiger partial charge in [-0.25, -0.2) is 4.98 Å². The highest BCUT2D eigenvalue weighted by Gasteiger charge is 2.35. The number of rotatable bonds is 6. The fourth-order valence-electron chi connectivity index (χ4n) is 5.10. The molecule has 190 valence electrons. The van der Waals surface area contributed by atoms with Gasteiger partial charge in [-0.1, -0.05) is 36.4 Å². The third-order valence-electron chi connectivity index (χ3n) is 7.17. The third kappa shape index (κ3) is 5.24. The van der Waals surface area contributed by atoms with E-state index in [9.17, 15) is 0 Å². The van der Waals surface area contributed by atoms with Crippen LogP contribution in [0.1, 0.15) is 25.0 Å². The summed E-state index contributed by atoms with van der Waals surface area (Å²) in [4.78, 5) is 14.3. The zero-order valence-corrected chi connectivity index (χ0v) is 22.3. The quantitative estimate of drug-likeness (QED) is 0.326. The second-order valence-electron chi connectivity index (χ2n) is 10.3. The van der Waals surface area contributed by atoms with Crippen molar-refractivity contribution in [1.82, 2.24) is 9.97 Å². The van der Waals surface area contributed by atoms with E-state index in [-0.39, 0.29) is 5.54 Å². The molecule has 1 aliphatic heterocycles. The molecular formula is C31H35N5O. The minimum absolute atomic E-state index is 0.0852. The predicted octanol–water partition coefficient (Wildman–Crippen LogP) is 6.62. The molecule has 0 radical (unpaired) electrons. The first kappa shape index (κ1) is 24.6. The Morgan fingerprint density at radius 3 is 2.41 bits per heavy atom. The average Bonchev–Trinajstić information content (AvgIpc) is 2.90. The molecule has 1 aliphatic rings. The molecule has 0 aliphatic carbocycles. The Labute approximate surface area is 220 Å². The summed E-state index contributed by atoms with van der Waals surface area (Å²) in [5.74, 6) is 2.42. The number of anilines is 4. The summed E-state index contributed by atoms with van der Waals surface area (Å²) in [7, 11) is 1.70. The molecule has 0 atom stereocenters. The van der Waals surface area contributed by atoms with Gasteiger partial charge < -0.3 is 19.9 Å². The van der Waals surface area contributed by atoms with Gasteiger partial charge in [-0.2, -0.15) is 4.98 Å². The average molecular weight is 494 g/mol. The van der Waals surface area contributed by atoms with Crippen molar-refractivity contribution in [3.05, 3.63) is 90.1 Å². The molecule has 1 saturated heterocycles. The molecule has 0 amide bonds. The fraction of sp³-hybridized carbons (Fsp3) is 0.290. The molecule has 1 fully saturated rings. The first-order valence-electron chi connectivity index (χ1n) is 12.8. The first-order chi connectivity index (χ1) is 17.8. The largest absolute Gasteiger partial charge is 0.497 e. The number of methoxy groups -OCH3 is 1. The third-order valence-corrected chi connectivity index (χ3v) is 7.17. The molecule has 37 heavy (non-hydrogen) atoms. The van der Waals surface area contributed by atoms with Crippen LogP contribution in [0, 0.1) is 13.8 Å². The molecule has 3 aromatic carbocycles. The summed E-state index contributed by atoms with van der Waals surface area (Å²) in [5, 5.41) is 3.55. The van der Waals surface area contributed by atoms with Gasteiger partial charge in [0.05, 0.1) is 12.6 Å². The Kier molecular flexibility index (Phi) is 6.74. The van der Waals surface area contributed by atoms with Crippen molar-refractivity contribution >= 4 is 23.1 Å². The van der Waals surface area contributed by atoms with Crippen LogP contribution in [0.2, 0.25) is 0 Å². The van der Waals surface area contributed by atoms with Gasteiger partial charge >= 0.3 is 0 Å². The number of hydrogen-bond donors (Lipinski definition) is 1. The van der Waals surface area contributed by atoms with E-state index in [1.54, 1.807) is 7.11 Å². The van der Waals surface area contributed by atoms with Gasteiger partial charge in [0.25, 0.3) is 0 Å². The van der Waals surface area contributed by atoms with Crippen LogP contribution in [0.5, 0.6) is 5.75 Å². The lowest BCUT2D eigenvalue weighted by Gasteiger charge is -2.48. The van der Waals surface area contributed by atoms with Crippen LogP contribution in [-0.2, 0) is 0 Å². The highest BCUT2D eigenvalue weighted by molar-refractivity contribution is 5.74. The number of hydrogen-bond acceptors (Lipinski definition) is 6. The van der Waals surface area contributed by atoms with E-state index < -0.39 is 0 Å². The monoisotopic (exact) mass is 493 g/mol. The van der Waals surface area contributed by atoms with E-state index in [0.717, 1.165) is 42.8 Å². The van der Waals surface area contributed by atoms with Crippen molar-refractivity contribution in [3.8, 4) is 16.9 Å². The molecule has 0 unspecified atom stereocenters. The van der Waals surface area contributed by atoms with Crippen LogP contribution in [0.15, 0.2) is 79.0 Å². The Balaban J connectivity index is 1.34. The van der Waals surface area contributed by atoms with Crippen molar-refractivity contribution in [1.29, 1.82) is 0 Å². The predicted molar refractivity (Wildman–Crippen MR) is 153 cm³/mol. The van der Waals surface area contributed by atoms with Crippen molar-refractivity contribution in [3.63, 3.8) is 0 Å². The number of ether oxygens (including phenoxy) is 1. The first-order valence-corrected chi connectivity index (χ1v) is 12.8. The Hall–Kier alpha value is -4.06. The van der Waals surface area contributed by atoms with E-state index in [4.69, 9.17) is 9.72 Å². The minimum Gasteiger partial charge on any atom is -0.497 e. The standard InChI is InChI=1S/C31H35N5O/c1-22-8-6-7-9-27(22)24-11-10-23(2)28(20-24)33-29-16-17-32-30(34-29)35-18-19-36(31(3,4)21-35)25-12-14-26(37-5)15-13-25/h6-17,20H,18-19,21H2,1-5H3,(H,32,33,34). The highest BCUT2D eigenvalue weighted by atomic mass is 16.5. The summed E-state index contributed by atoms with van der Waals surface area (Å²) in [6.07, 6.45) is 1.84. The molecule has 1 N–H and O–H groups in total. The molecule has 0 saturated carbocycles. The maximum absolute atomic E-state index is 5.33. The lowest BCUT2D eigenvalue weighted by Crippen LogP contribution is -2.60. The summed E-state index contributed by atoms with van der Waals surface area (Å²) in [5.41, 5.74) is 7.03. The lowest BCUT2D eigenvalue weighted by molar-refractivity contribution is 0.408. The van der Waals surface area contributed by atoms with Gasteiger partial charge in [0.2, 0.25) is 5.95 Å². The molecular weight excluding hydrogens is 458 g/mol. The van der Waals surface area contributed by atoms with Crippen molar-refractivity contribution in [2.75, 3.05) is 41.9 Å². The smallest absolute Gasteiger partial charge is 0.227 e.